The first-order valence-electron chi connectivity index (χ1n) is 12.0. The normalized spacial score (nSPS) is 19.2. The molecule has 0 radical (unpaired) electrons. The molecule has 9 heteroatoms. The fourth-order valence-corrected chi connectivity index (χ4v) is 5.83. The predicted molar refractivity (Wildman–Crippen MR) is 136 cm³/mol. The van der Waals surface area contributed by atoms with Gasteiger partial charge in [-0.05, 0) is 43.5 Å². The molecular weight excluding hydrogens is 460 g/mol. The molecule has 2 N–H and O–H groups in total. The second kappa shape index (κ2) is 11.5. The van der Waals surface area contributed by atoms with Crippen molar-refractivity contribution >= 4 is 29.2 Å². The molecule has 0 saturated carbocycles. The predicted octanol–water partition coefficient (Wildman–Crippen LogP) is 3.69. The van der Waals surface area contributed by atoms with Gasteiger partial charge in [0.15, 0.2) is 0 Å². The van der Waals surface area contributed by atoms with Gasteiger partial charge in [0, 0.05) is 19.6 Å². The van der Waals surface area contributed by atoms with Gasteiger partial charge in [0.1, 0.15) is 22.2 Å². The van der Waals surface area contributed by atoms with Gasteiger partial charge in [-0.1, -0.05) is 49.0 Å². The van der Waals surface area contributed by atoms with Crippen LogP contribution in [0.15, 0.2) is 35.4 Å². The smallest absolute Gasteiger partial charge is 0.235 e. The van der Waals surface area contributed by atoms with Crippen LogP contribution in [0.5, 0.6) is 0 Å². The number of morpholine rings is 1. The number of nitrogens with zero attached hydrogens (tertiary/aromatic N) is 5. The van der Waals surface area contributed by atoms with E-state index < -0.39 is 11.2 Å². The minimum atomic E-state index is -0.695. The molecule has 2 aromatic rings. The molecule has 2 unspecified atom stereocenters. The second-order valence-electron chi connectivity index (χ2n) is 8.78. The first kappa shape index (κ1) is 25.0. The molecule has 3 heterocycles. The highest BCUT2D eigenvalue weighted by Gasteiger charge is 2.30. The Morgan fingerprint density at radius 2 is 2.09 bits per heavy atom. The molecule has 35 heavy (non-hydrogen) atoms. The van der Waals surface area contributed by atoms with Gasteiger partial charge in [-0.3, -0.25) is 4.79 Å². The Balaban J connectivity index is 1.70. The number of hydrogen-bond acceptors (Lipinski definition) is 7. The number of amides is 1. The topological polar surface area (TPSA) is 99.8 Å². The maximum absolute atomic E-state index is 12.4. The SMILES string of the molecule is [C-]#[N+]c1c(N2CCOC(CN3CCCC3)C2)nc(SC(C(N)=O)c2ccccc2)c(C#N)c1CC. The lowest BCUT2D eigenvalue weighted by Gasteiger charge is -2.36. The Kier molecular flexibility index (Phi) is 8.25. The molecule has 1 aromatic carbocycles. The summed E-state index contributed by atoms with van der Waals surface area (Å²) in [7, 11) is 0. The zero-order valence-electron chi connectivity index (χ0n) is 19.9. The lowest BCUT2D eigenvalue weighted by Crippen LogP contribution is -2.47. The lowest BCUT2D eigenvalue weighted by atomic mass is 10.1. The average molecular weight is 491 g/mol. The first-order chi connectivity index (χ1) is 17.0. The number of nitriles is 1. The van der Waals surface area contributed by atoms with Crippen LogP contribution in [-0.4, -0.2) is 61.2 Å². The van der Waals surface area contributed by atoms with Gasteiger partial charge in [-0.2, -0.15) is 5.26 Å². The third-order valence-electron chi connectivity index (χ3n) is 6.49. The zero-order valence-corrected chi connectivity index (χ0v) is 20.8. The van der Waals surface area contributed by atoms with Crippen molar-refractivity contribution in [2.75, 3.05) is 44.2 Å². The molecule has 4 rings (SSSR count). The molecule has 182 valence electrons. The number of likely N-dealkylation sites (tertiary alicyclic amines) is 1. The molecule has 2 aliphatic heterocycles. The number of hydrogen-bond donors (Lipinski definition) is 1. The van der Waals surface area contributed by atoms with Crippen molar-refractivity contribution in [2.24, 2.45) is 5.73 Å². The highest BCUT2D eigenvalue weighted by Crippen LogP contribution is 2.42. The number of ether oxygens (including phenoxy) is 1. The lowest BCUT2D eigenvalue weighted by molar-refractivity contribution is -0.117. The van der Waals surface area contributed by atoms with Crippen LogP contribution in [0.25, 0.3) is 4.85 Å². The molecule has 8 nitrogen and oxygen atoms in total. The summed E-state index contributed by atoms with van der Waals surface area (Å²) in [6.45, 7) is 14.7. The summed E-state index contributed by atoms with van der Waals surface area (Å²) >= 11 is 1.18. The van der Waals surface area contributed by atoms with E-state index in [2.05, 4.69) is 20.7 Å². The number of carbonyl (C=O) groups is 1. The Hall–Kier alpha value is -3.11. The summed E-state index contributed by atoms with van der Waals surface area (Å²) in [6.07, 6.45) is 2.98. The number of benzene rings is 1. The Morgan fingerprint density at radius 3 is 2.71 bits per heavy atom. The Labute approximate surface area is 210 Å². The van der Waals surface area contributed by atoms with Crippen molar-refractivity contribution in [3.05, 3.63) is 58.4 Å². The van der Waals surface area contributed by atoms with Gasteiger partial charge in [0.2, 0.25) is 11.6 Å². The van der Waals surface area contributed by atoms with Crippen molar-refractivity contribution in [1.29, 1.82) is 5.26 Å². The van der Waals surface area contributed by atoms with E-state index >= 15 is 0 Å². The third-order valence-corrected chi connectivity index (χ3v) is 7.75. The summed E-state index contributed by atoms with van der Waals surface area (Å²) < 4.78 is 6.04. The van der Waals surface area contributed by atoms with Gasteiger partial charge >= 0.3 is 0 Å². The van der Waals surface area contributed by atoms with Crippen molar-refractivity contribution < 1.29 is 9.53 Å². The van der Waals surface area contributed by atoms with E-state index in [1.165, 1.54) is 24.6 Å². The van der Waals surface area contributed by atoms with Crippen LogP contribution in [0.3, 0.4) is 0 Å². The molecule has 0 aliphatic carbocycles. The summed E-state index contributed by atoms with van der Waals surface area (Å²) in [5, 5.41) is 9.75. The first-order valence-corrected chi connectivity index (χ1v) is 12.9. The number of primary amides is 1. The van der Waals surface area contributed by atoms with Crippen molar-refractivity contribution in [1.82, 2.24) is 9.88 Å². The number of thioether (sulfide) groups is 1. The minimum Gasteiger partial charge on any atom is -0.373 e. The number of pyridine rings is 1. The van der Waals surface area contributed by atoms with E-state index in [9.17, 15) is 10.1 Å². The minimum absolute atomic E-state index is 0.0294. The van der Waals surface area contributed by atoms with Crippen LogP contribution in [0.1, 0.15) is 41.7 Å². The quantitative estimate of drug-likeness (QED) is 0.445. The van der Waals surface area contributed by atoms with Crippen LogP contribution in [0.4, 0.5) is 11.5 Å². The number of carbonyl (C=O) groups excluding carboxylic acids is 1. The molecule has 2 atom stereocenters. The van der Waals surface area contributed by atoms with Crippen molar-refractivity contribution in [2.45, 2.75) is 42.6 Å². The zero-order chi connectivity index (χ0) is 24.8. The maximum Gasteiger partial charge on any atom is 0.235 e. The van der Waals surface area contributed by atoms with Gasteiger partial charge < -0.3 is 20.3 Å². The Morgan fingerprint density at radius 1 is 1.34 bits per heavy atom. The fourth-order valence-electron chi connectivity index (χ4n) is 4.78. The van der Waals surface area contributed by atoms with E-state index in [1.54, 1.807) is 0 Å². The third kappa shape index (κ3) is 5.59. The average Bonchev–Trinajstić information content (AvgIpc) is 3.39. The summed E-state index contributed by atoms with van der Waals surface area (Å²) in [5.74, 6) is 0.0575. The molecule has 2 aliphatic rings. The number of rotatable bonds is 8. The van der Waals surface area contributed by atoms with Crippen molar-refractivity contribution in [3.8, 4) is 6.07 Å². The van der Waals surface area contributed by atoms with Crippen molar-refractivity contribution in [3.63, 3.8) is 0 Å². The van der Waals surface area contributed by atoms with Gasteiger partial charge in [-0.15, -0.1) is 0 Å². The van der Waals surface area contributed by atoms with Crippen LogP contribution >= 0.6 is 11.8 Å². The van der Waals surface area contributed by atoms with Crippen LogP contribution in [0, 0.1) is 17.9 Å². The van der Waals surface area contributed by atoms with Crippen LogP contribution < -0.4 is 10.6 Å². The Bertz CT molecular complexity index is 1140. The highest BCUT2D eigenvalue weighted by molar-refractivity contribution is 8.00. The van der Waals surface area contributed by atoms with E-state index in [0.29, 0.717) is 53.8 Å². The van der Waals surface area contributed by atoms with Gasteiger partial charge in [0.05, 0.1) is 24.8 Å². The largest absolute Gasteiger partial charge is 0.373 e. The fraction of sp³-hybridized carbons (Fsp3) is 0.462. The van der Waals surface area contributed by atoms with E-state index in [0.717, 1.165) is 25.2 Å². The second-order valence-corrected chi connectivity index (χ2v) is 9.87. The monoisotopic (exact) mass is 490 g/mol. The summed E-state index contributed by atoms with van der Waals surface area (Å²) in [4.78, 5) is 25.6. The molecule has 2 fully saturated rings. The summed E-state index contributed by atoms with van der Waals surface area (Å²) in [5.41, 5.74) is 7.93. The van der Waals surface area contributed by atoms with E-state index in [4.69, 9.17) is 22.0 Å². The number of nitrogens with two attached hydrogens (primary N) is 1. The number of aromatic nitrogens is 1. The molecule has 2 saturated heterocycles. The van der Waals surface area contributed by atoms with Crippen LogP contribution in [0.2, 0.25) is 0 Å². The standard InChI is InChI=1S/C26H30N6O2S/c1-3-20-21(15-27)26(35-23(24(28)33)18-9-5-4-6-10-18)30-25(22(20)29-2)32-13-14-34-19(17-32)16-31-11-7-8-12-31/h4-6,9-10,19,23H,3,7-8,11-14,16-17H2,1H3,(H2,28,33). The molecule has 1 aromatic heterocycles. The van der Waals surface area contributed by atoms with Gasteiger partial charge in [0.25, 0.3) is 0 Å². The molecule has 1 amide bonds. The highest BCUT2D eigenvalue weighted by atomic mass is 32.2. The molecule has 0 bridgehead atoms. The molecular formula is C26H30N6O2S. The molecule has 0 spiro atoms. The van der Waals surface area contributed by atoms with Gasteiger partial charge in [-0.25, -0.2) is 9.83 Å². The maximum atomic E-state index is 12.4. The number of anilines is 1. The van der Waals surface area contributed by atoms with E-state index in [-0.39, 0.29) is 6.10 Å². The summed E-state index contributed by atoms with van der Waals surface area (Å²) in [6, 6.07) is 11.5. The van der Waals surface area contributed by atoms with E-state index in [1.807, 2.05) is 37.3 Å². The van der Waals surface area contributed by atoms with Crippen LogP contribution in [-0.2, 0) is 16.0 Å².